The van der Waals surface area contributed by atoms with E-state index in [2.05, 4.69) is 29.3 Å². The minimum atomic E-state index is 0.342. The first kappa shape index (κ1) is 14.4. The Labute approximate surface area is 116 Å². The first-order valence-corrected chi connectivity index (χ1v) is 7.40. The molecule has 0 aliphatic carbocycles. The SMILES string of the molecule is COc1ccccc1[C@H](C)NCCCN1CCCC1. The van der Waals surface area contributed by atoms with Gasteiger partial charge in [0.1, 0.15) is 5.75 Å². The van der Waals surface area contributed by atoms with Crippen molar-refractivity contribution < 1.29 is 4.74 Å². The molecule has 1 fully saturated rings. The molecule has 19 heavy (non-hydrogen) atoms. The second-order valence-electron chi connectivity index (χ2n) is 5.32. The van der Waals surface area contributed by atoms with Gasteiger partial charge in [0.05, 0.1) is 7.11 Å². The van der Waals surface area contributed by atoms with Crippen molar-refractivity contribution in [3.8, 4) is 5.75 Å². The molecule has 0 radical (unpaired) electrons. The lowest BCUT2D eigenvalue weighted by Crippen LogP contribution is -2.26. The molecule has 2 rings (SSSR count). The quantitative estimate of drug-likeness (QED) is 0.765. The minimum Gasteiger partial charge on any atom is -0.496 e. The highest BCUT2D eigenvalue weighted by Gasteiger charge is 2.12. The van der Waals surface area contributed by atoms with Crippen molar-refractivity contribution in [2.24, 2.45) is 0 Å². The van der Waals surface area contributed by atoms with Crippen LogP contribution in [0.5, 0.6) is 5.75 Å². The lowest BCUT2D eigenvalue weighted by molar-refractivity contribution is 0.328. The molecule has 1 aromatic carbocycles. The highest BCUT2D eigenvalue weighted by molar-refractivity contribution is 5.35. The largest absolute Gasteiger partial charge is 0.496 e. The molecule has 0 saturated carbocycles. The maximum absolute atomic E-state index is 5.41. The average Bonchev–Trinajstić information content (AvgIpc) is 2.96. The van der Waals surface area contributed by atoms with Gasteiger partial charge in [-0.1, -0.05) is 18.2 Å². The van der Waals surface area contributed by atoms with Crippen LogP contribution in [0, 0.1) is 0 Å². The zero-order chi connectivity index (χ0) is 13.5. The van der Waals surface area contributed by atoms with Crippen molar-refractivity contribution in [2.45, 2.75) is 32.2 Å². The summed E-state index contributed by atoms with van der Waals surface area (Å²) in [7, 11) is 1.74. The lowest BCUT2D eigenvalue weighted by Gasteiger charge is -2.19. The van der Waals surface area contributed by atoms with Crippen molar-refractivity contribution in [1.82, 2.24) is 10.2 Å². The zero-order valence-electron chi connectivity index (χ0n) is 12.2. The molecular weight excluding hydrogens is 236 g/mol. The van der Waals surface area contributed by atoms with E-state index in [9.17, 15) is 0 Å². The molecule has 1 aliphatic heterocycles. The fraction of sp³-hybridized carbons (Fsp3) is 0.625. The summed E-state index contributed by atoms with van der Waals surface area (Å²) in [6, 6.07) is 8.59. The average molecular weight is 262 g/mol. The summed E-state index contributed by atoms with van der Waals surface area (Å²) < 4.78 is 5.41. The number of methoxy groups -OCH3 is 1. The van der Waals surface area contributed by atoms with Crippen molar-refractivity contribution in [3.05, 3.63) is 29.8 Å². The van der Waals surface area contributed by atoms with Crippen molar-refractivity contribution in [3.63, 3.8) is 0 Å². The third kappa shape index (κ3) is 4.22. The summed E-state index contributed by atoms with van der Waals surface area (Å²) in [6.45, 7) is 7.08. The van der Waals surface area contributed by atoms with Gasteiger partial charge in [-0.05, 0) is 58.4 Å². The van der Waals surface area contributed by atoms with E-state index >= 15 is 0 Å². The van der Waals surface area contributed by atoms with E-state index in [0.29, 0.717) is 6.04 Å². The second kappa shape index (κ2) is 7.51. The van der Waals surface area contributed by atoms with Crippen molar-refractivity contribution >= 4 is 0 Å². The van der Waals surface area contributed by atoms with Gasteiger partial charge in [0.15, 0.2) is 0 Å². The molecule has 1 aliphatic rings. The maximum atomic E-state index is 5.41. The fourth-order valence-electron chi connectivity index (χ4n) is 2.76. The lowest BCUT2D eigenvalue weighted by atomic mass is 10.1. The van der Waals surface area contributed by atoms with E-state index in [0.717, 1.165) is 12.3 Å². The van der Waals surface area contributed by atoms with Crippen LogP contribution in [0.3, 0.4) is 0 Å². The van der Waals surface area contributed by atoms with Crippen LogP contribution in [0.25, 0.3) is 0 Å². The van der Waals surface area contributed by atoms with Gasteiger partial charge in [0.2, 0.25) is 0 Å². The molecule has 1 atom stereocenters. The van der Waals surface area contributed by atoms with E-state index in [-0.39, 0.29) is 0 Å². The monoisotopic (exact) mass is 262 g/mol. The van der Waals surface area contributed by atoms with E-state index in [1.807, 2.05) is 12.1 Å². The van der Waals surface area contributed by atoms with Gasteiger partial charge in [0.25, 0.3) is 0 Å². The first-order valence-electron chi connectivity index (χ1n) is 7.40. The summed E-state index contributed by atoms with van der Waals surface area (Å²) in [5.41, 5.74) is 1.24. The third-order valence-electron chi connectivity index (χ3n) is 3.91. The molecule has 0 spiro atoms. The standard InChI is InChI=1S/C16H26N2O/c1-14(15-8-3-4-9-16(15)19-2)17-10-7-13-18-11-5-6-12-18/h3-4,8-9,14,17H,5-7,10-13H2,1-2H3/t14-/m0/s1. The summed E-state index contributed by atoms with van der Waals surface area (Å²) in [4.78, 5) is 2.56. The van der Waals surface area contributed by atoms with Gasteiger partial charge in [-0.3, -0.25) is 0 Å². The number of benzene rings is 1. The molecule has 3 nitrogen and oxygen atoms in total. The number of likely N-dealkylation sites (tertiary alicyclic amines) is 1. The molecule has 0 bridgehead atoms. The number of rotatable bonds is 7. The van der Waals surface area contributed by atoms with Crippen LogP contribution in [0.4, 0.5) is 0 Å². The van der Waals surface area contributed by atoms with Crippen LogP contribution in [-0.4, -0.2) is 38.2 Å². The van der Waals surface area contributed by atoms with Gasteiger partial charge in [-0.15, -0.1) is 0 Å². The Morgan fingerprint density at radius 2 is 2.00 bits per heavy atom. The van der Waals surface area contributed by atoms with Crippen molar-refractivity contribution in [2.75, 3.05) is 33.3 Å². The second-order valence-corrected chi connectivity index (χ2v) is 5.32. The normalized spacial score (nSPS) is 17.6. The highest BCUT2D eigenvalue weighted by Crippen LogP contribution is 2.24. The Morgan fingerprint density at radius 3 is 2.74 bits per heavy atom. The van der Waals surface area contributed by atoms with Gasteiger partial charge < -0.3 is 15.0 Å². The van der Waals surface area contributed by atoms with E-state index in [1.165, 1.54) is 44.5 Å². The predicted octanol–water partition coefficient (Wildman–Crippen LogP) is 2.83. The number of hydrogen-bond acceptors (Lipinski definition) is 3. The molecular formula is C16H26N2O. The van der Waals surface area contributed by atoms with Crippen LogP contribution in [0.15, 0.2) is 24.3 Å². The van der Waals surface area contributed by atoms with Gasteiger partial charge in [0, 0.05) is 11.6 Å². The molecule has 3 heteroatoms. The first-order chi connectivity index (χ1) is 9.31. The molecule has 0 aromatic heterocycles. The van der Waals surface area contributed by atoms with E-state index in [1.54, 1.807) is 7.11 Å². The topological polar surface area (TPSA) is 24.5 Å². The highest BCUT2D eigenvalue weighted by atomic mass is 16.5. The van der Waals surface area contributed by atoms with E-state index < -0.39 is 0 Å². The Morgan fingerprint density at radius 1 is 1.26 bits per heavy atom. The Hall–Kier alpha value is -1.06. The molecule has 1 aromatic rings. The van der Waals surface area contributed by atoms with Gasteiger partial charge in [-0.25, -0.2) is 0 Å². The third-order valence-corrected chi connectivity index (χ3v) is 3.91. The van der Waals surface area contributed by atoms with Crippen LogP contribution in [0.1, 0.15) is 37.8 Å². The molecule has 0 unspecified atom stereocenters. The molecule has 1 N–H and O–H groups in total. The number of para-hydroxylation sites is 1. The van der Waals surface area contributed by atoms with Crippen LogP contribution in [0.2, 0.25) is 0 Å². The Bertz CT molecular complexity index is 375. The summed E-state index contributed by atoms with van der Waals surface area (Å²) in [5.74, 6) is 0.974. The zero-order valence-corrected chi connectivity index (χ0v) is 12.2. The maximum Gasteiger partial charge on any atom is 0.123 e. The Kier molecular flexibility index (Phi) is 5.67. The van der Waals surface area contributed by atoms with Crippen LogP contribution in [-0.2, 0) is 0 Å². The number of nitrogens with zero attached hydrogens (tertiary/aromatic N) is 1. The van der Waals surface area contributed by atoms with Crippen LogP contribution >= 0.6 is 0 Å². The number of nitrogens with one attached hydrogen (secondary N) is 1. The smallest absolute Gasteiger partial charge is 0.123 e. The van der Waals surface area contributed by atoms with E-state index in [4.69, 9.17) is 4.74 Å². The predicted molar refractivity (Wildman–Crippen MR) is 79.7 cm³/mol. The minimum absolute atomic E-state index is 0.342. The summed E-state index contributed by atoms with van der Waals surface area (Å²) in [6.07, 6.45) is 3.98. The number of ether oxygens (including phenoxy) is 1. The molecule has 0 amide bonds. The summed E-state index contributed by atoms with van der Waals surface area (Å²) in [5, 5.41) is 3.59. The summed E-state index contributed by atoms with van der Waals surface area (Å²) >= 11 is 0. The molecule has 1 saturated heterocycles. The van der Waals surface area contributed by atoms with Gasteiger partial charge >= 0.3 is 0 Å². The molecule has 1 heterocycles. The number of hydrogen-bond donors (Lipinski definition) is 1. The fourth-order valence-corrected chi connectivity index (χ4v) is 2.76. The van der Waals surface area contributed by atoms with Gasteiger partial charge in [-0.2, -0.15) is 0 Å². The van der Waals surface area contributed by atoms with Crippen molar-refractivity contribution in [1.29, 1.82) is 0 Å². The Balaban J connectivity index is 1.72. The molecule has 106 valence electrons. The van der Waals surface area contributed by atoms with Crippen LogP contribution < -0.4 is 10.1 Å².